The molecule has 0 amide bonds. The van der Waals surface area contributed by atoms with Gasteiger partial charge in [0.25, 0.3) is 0 Å². The van der Waals surface area contributed by atoms with Crippen molar-refractivity contribution in [3.63, 3.8) is 0 Å². The number of hydrogen-bond acceptors (Lipinski definition) is 0. The molecule has 1 aliphatic carbocycles. The fourth-order valence-electron chi connectivity index (χ4n) is 1.29. The van der Waals surface area contributed by atoms with Crippen LogP contribution in [0.15, 0.2) is 36.5 Å². The van der Waals surface area contributed by atoms with Crippen molar-refractivity contribution in [2.24, 2.45) is 0 Å². The summed E-state index contributed by atoms with van der Waals surface area (Å²) in [4.78, 5) is 1.42. The highest BCUT2D eigenvalue weighted by Gasteiger charge is 2.11. The first-order valence-corrected chi connectivity index (χ1v) is 7.85. The lowest BCUT2D eigenvalue weighted by molar-refractivity contribution is 0.886. The molecule has 0 aliphatic heterocycles. The SMILES string of the molecule is BrC1C/C=C\C=C\CC(Br)C(Br)/C=C\C1. The Hall–Kier alpha value is 0.660. The highest BCUT2D eigenvalue weighted by Crippen LogP contribution is 2.21. The number of halogens is 3. The minimum absolute atomic E-state index is 0.408. The van der Waals surface area contributed by atoms with Crippen molar-refractivity contribution in [3.8, 4) is 0 Å². The van der Waals surface area contributed by atoms with E-state index in [0.717, 1.165) is 19.3 Å². The molecule has 0 bridgehead atoms. The van der Waals surface area contributed by atoms with E-state index in [1.165, 1.54) is 0 Å². The zero-order valence-electron chi connectivity index (χ0n) is 8.45. The molecule has 0 saturated carbocycles. The van der Waals surface area contributed by atoms with Gasteiger partial charge in [-0.2, -0.15) is 0 Å². The molecule has 3 heteroatoms. The van der Waals surface area contributed by atoms with Gasteiger partial charge >= 0.3 is 0 Å². The van der Waals surface area contributed by atoms with Gasteiger partial charge in [0.1, 0.15) is 0 Å². The van der Waals surface area contributed by atoms with Gasteiger partial charge in [0.15, 0.2) is 0 Å². The summed E-state index contributed by atoms with van der Waals surface area (Å²) in [6.07, 6.45) is 16.3. The Kier molecular flexibility index (Phi) is 7.19. The first-order valence-electron chi connectivity index (χ1n) is 5.10. The molecular weight excluding hydrogens is 384 g/mol. The average molecular weight is 399 g/mol. The van der Waals surface area contributed by atoms with Crippen LogP contribution in [0.2, 0.25) is 0 Å². The lowest BCUT2D eigenvalue weighted by Crippen LogP contribution is -2.10. The molecule has 3 unspecified atom stereocenters. The molecule has 0 radical (unpaired) electrons. The van der Waals surface area contributed by atoms with Crippen molar-refractivity contribution in [1.29, 1.82) is 0 Å². The van der Waals surface area contributed by atoms with E-state index in [2.05, 4.69) is 84.2 Å². The summed E-state index contributed by atoms with van der Waals surface area (Å²) in [5.74, 6) is 0. The van der Waals surface area contributed by atoms with E-state index in [1.54, 1.807) is 0 Å². The molecule has 3 atom stereocenters. The lowest BCUT2D eigenvalue weighted by atomic mass is 10.1. The first kappa shape index (κ1) is 13.7. The molecule has 1 aliphatic rings. The van der Waals surface area contributed by atoms with E-state index in [4.69, 9.17) is 0 Å². The van der Waals surface area contributed by atoms with Crippen molar-refractivity contribution in [2.45, 2.75) is 33.7 Å². The zero-order chi connectivity index (χ0) is 11.1. The minimum atomic E-state index is 0.408. The summed E-state index contributed by atoms with van der Waals surface area (Å²) in [5, 5.41) is 0. The van der Waals surface area contributed by atoms with Gasteiger partial charge in [0, 0.05) is 14.5 Å². The Morgan fingerprint density at radius 2 is 1.40 bits per heavy atom. The molecule has 0 spiro atoms. The second kappa shape index (κ2) is 7.86. The summed E-state index contributed by atoms with van der Waals surface area (Å²) >= 11 is 11.0. The van der Waals surface area contributed by atoms with E-state index in [1.807, 2.05) is 0 Å². The van der Waals surface area contributed by atoms with E-state index < -0.39 is 0 Å². The molecule has 0 nitrogen and oxygen atoms in total. The molecule has 0 heterocycles. The van der Waals surface area contributed by atoms with Crippen LogP contribution in [-0.2, 0) is 0 Å². The summed E-state index contributed by atoms with van der Waals surface area (Å²) in [5.41, 5.74) is 0. The monoisotopic (exact) mass is 396 g/mol. The number of allylic oxidation sites excluding steroid dienone is 6. The molecule has 84 valence electrons. The lowest BCUT2D eigenvalue weighted by Gasteiger charge is -2.11. The minimum Gasteiger partial charge on any atom is -0.0884 e. The van der Waals surface area contributed by atoms with Crippen LogP contribution in [0, 0.1) is 0 Å². The molecule has 15 heavy (non-hydrogen) atoms. The van der Waals surface area contributed by atoms with Gasteiger partial charge in [-0.25, -0.2) is 0 Å². The van der Waals surface area contributed by atoms with Crippen molar-refractivity contribution in [3.05, 3.63) is 36.5 Å². The Balaban J connectivity index is 2.62. The summed E-state index contributed by atoms with van der Waals surface area (Å²) in [6.45, 7) is 0. The van der Waals surface area contributed by atoms with Gasteiger partial charge in [-0.1, -0.05) is 84.2 Å². The van der Waals surface area contributed by atoms with Crippen molar-refractivity contribution in [2.75, 3.05) is 0 Å². The van der Waals surface area contributed by atoms with Crippen molar-refractivity contribution in [1.82, 2.24) is 0 Å². The number of alkyl halides is 3. The predicted octanol–water partition coefficient (Wildman–Crippen LogP) is 5.13. The Bertz CT molecular complexity index is 256. The summed E-state index contributed by atoms with van der Waals surface area (Å²) < 4.78 is 0. The van der Waals surface area contributed by atoms with E-state index in [0.29, 0.717) is 14.5 Å². The van der Waals surface area contributed by atoms with Crippen LogP contribution >= 0.6 is 47.8 Å². The summed E-state index contributed by atoms with van der Waals surface area (Å²) in [7, 11) is 0. The molecule has 0 fully saturated rings. The van der Waals surface area contributed by atoms with Crippen LogP contribution in [-0.4, -0.2) is 14.5 Å². The molecule has 0 aromatic carbocycles. The molecule has 0 aromatic rings. The largest absolute Gasteiger partial charge is 0.0884 e. The smallest absolute Gasteiger partial charge is 0.0453 e. The normalized spacial score (nSPS) is 39.8. The van der Waals surface area contributed by atoms with Crippen LogP contribution in [0.25, 0.3) is 0 Å². The third-order valence-corrected chi connectivity index (χ3v) is 5.54. The van der Waals surface area contributed by atoms with E-state index in [9.17, 15) is 0 Å². The predicted molar refractivity (Wildman–Crippen MR) is 79.4 cm³/mol. The zero-order valence-corrected chi connectivity index (χ0v) is 13.2. The topological polar surface area (TPSA) is 0 Å². The van der Waals surface area contributed by atoms with Crippen LogP contribution < -0.4 is 0 Å². The van der Waals surface area contributed by atoms with Gasteiger partial charge in [-0.05, 0) is 19.3 Å². The maximum Gasteiger partial charge on any atom is 0.0453 e. The van der Waals surface area contributed by atoms with Crippen LogP contribution in [0.1, 0.15) is 19.3 Å². The fourth-order valence-corrected chi connectivity index (χ4v) is 2.55. The number of hydrogen-bond donors (Lipinski definition) is 0. The van der Waals surface area contributed by atoms with Crippen LogP contribution in [0.5, 0.6) is 0 Å². The Morgan fingerprint density at radius 1 is 0.800 bits per heavy atom. The van der Waals surface area contributed by atoms with Crippen LogP contribution in [0.4, 0.5) is 0 Å². The van der Waals surface area contributed by atoms with Crippen molar-refractivity contribution < 1.29 is 0 Å². The fraction of sp³-hybridized carbons (Fsp3) is 0.500. The quantitative estimate of drug-likeness (QED) is 0.392. The molecular formula is C12H15Br3. The second-order valence-electron chi connectivity index (χ2n) is 3.55. The van der Waals surface area contributed by atoms with Gasteiger partial charge in [-0.15, -0.1) is 0 Å². The Labute approximate surface area is 117 Å². The molecule has 0 aromatic heterocycles. The Morgan fingerprint density at radius 3 is 2.13 bits per heavy atom. The highest BCUT2D eigenvalue weighted by molar-refractivity contribution is 9.12. The third-order valence-electron chi connectivity index (χ3n) is 2.19. The second-order valence-corrected chi connectivity index (χ2v) is 7.08. The van der Waals surface area contributed by atoms with E-state index >= 15 is 0 Å². The molecule has 0 saturated heterocycles. The van der Waals surface area contributed by atoms with Crippen LogP contribution in [0.3, 0.4) is 0 Å². The molecule has 0 N–H and O–H groups in total. The van der Waals surface area contributed by atoms with Crippen molar-refractivity contribution >= 4 is 47.8 Å². The highest BCUT2D eigenvalue weighted by atomic mass is 79.9. The van der Waals surface area contributed by atoms with E-state index in [-0.39, 0.29) is 0 Å². The van der Waals surface area contributed by atoms with Gasteiger partial charge in [-0.3, -0.25) is 0 Å². The van der Waals surface area contributed by atoms with Gasteiger partial charge < -0.3 is 0 Å². The average Bonchev–Trinajstić information content (AvgIpc) is 2.21. The van der Waals surface area contributed by atoms with Gasteiger partial charge in [0.2, 0.25) is 0 Å². The molecule has 1 rings (SSSR count). The maximum absolute atomic E-state index is 3.67. The maximum atomic E-state index is 3.67. The third kappa shape index (κ3) is 6.08. The number of rotatable bonds is 0. The standard InChI is InChI=1S/C12H15Br3/c13-10-6-3-1-2-4-8-11(14)12(15)9-5-7-10/h1-5,9-12H,6-8H2/b3-1-,4-2+,9-5-. The first-order chi connectivity index (χ1) is 7.20. The summed E-state index contributed by atoms with van der Waals surface area (Å²) in [6, 6.07) is 0. The van der Waals surface area contributed by atoms with Gasteiger partial charge in [0.05, 0.1) is 0 Å².